The van der Waals surface area contributed by atoms with E-state index in [0.717, 1.165) is 22.2 Å². The molecule has 2 aromatic rings. The van der Waals surface area contributed by atoms with Crippen molar-refractivity contribution in [2.75, 3.05) is 30.6 Å². The van der Waals surface area contributed by atoms with Crippen LogP contribution in [0.1, 0.15) is 5.56 Å². The number of nitrogen functional groups attached to an aromatic ring is 1. The second-order valence-electron chi connectivity index (χ2n) is 4.77. The molecule has 0 saturated carbocycles. The van der Waals surface area contributed by atoms with Crippen LogP contribution in [0.2, 0.25) is 0 Å². The number of sulfone groups is 1. The van der Waals surface area contributed by atoms with Crippen LogP contribution in [0.3, 0.4) is 0 Å². The molecular weight excluding hydrogens is 308 g/mol. The van der Waals surface area contributed by atoms with Crippen LogP contribution >= 0.6 is 11.8 Å². The van der Waals surface area contributed by atoms with E-state index in [9.17, 15) is 8.42 Å². The maximum absolute atomic E-state index is 11.1. The van der Waals surface area contributed by atoms with Gasteiger partial charge in [-0.1, -0.05) is 0 Å². The van der Waals surface area contributed by atoms with Crippen molar-refractivity contribution in [2.45, 2.75) is 5.75 Å². The molecule has 2 rings (SSSR count). The van der Waals surface area contributed by atoms with Crippen LogP contribution in [0.5, 0.6) is 5.75 Å². The van der Waals surface area contributed by atoms with Crippen molar-refractivity contribution in [3.8, 4) is 5.75 Å². The standard InChI is InChI=1S/C14H18N2O3S2/c1-19-12-4-3-10-7-11(14(15)16-13(10)8-12)9-20-5-6-21(2,17)18/h3-4,7-8H,5-6,9H2,1-2H3,(H2,15,16). The minimum absolute atomic E-state index is 0.176. The number of benzene rings is 1. The largest absolute Gasteiger partial charge is 0.497 e. The van der Waals surface area contributed by atoms with Gasteiger partial charge in [-0.15, -0.1) is 0 Å². The van der Waals surface area contributed by atoms with E-state index < -0.39 is 9.84 Å². The number of anilines is 1. The zero-order valence-electron chi connectivity index (χ0n) is 12.0. The van der Waals surface area contributed by atoms with Crippen molar-refractivity contribution in [2.24, 2.45) is 0 Å². The smallest absolute Gasteiger partial charge is 0.148 e. The molecule has 114 valence electrons. The summed E-state index contributed by atoms with van der Waals surface area (Å²) in [5.74, 6) is 2.60. The van der Waals surface area contributed by atoms with E-state index in [1.807, 2.05) is 24.3 Å². The molecule has 0 atom stereocenters. The molecule has 0 fully saturated rings. The van der Waals surface area contributed by atoms with Crippen LogP contribution in [0, 0.1) is 0 Å². The van der Waals surface area contributed by atoms with Crippen molar-refractivity contribution in [3.63, 3.8) is 0 Å². The molecule has 1 aromatic heterocycles. The third-order valence-corrected chi connectivity index (χ3v) is 5.21. The van der Waals surface area contributed by atoms with Crippen LogP contribution < -0.4 is 10.5 Å². The number of hydrogen-bond acceptors (Lipinski definition) is 6. The number of aromatic nitrogens is 1. The van der Waals surface area contributed by atoms with E-state index in [1.54, 1.807) is 7.11 Å². The molecule has 0 spiro atoms. The lowest BCUT2D eigenvalue weighted by Crippen LogP contribution is -2.05. The SMILES string of the molecule is COc1ccc2cc(CSCCS(C)(=O)=O)c(N)nc2c1. The molecule has 0 aliphatic heterocycles. The van der Waals surface area contributed by atoms with Gasteiger partial charge in [-0.2, -0.15) is 11.8 Å². The normalized spacial score (nSPS) is 11.7. The molecule has 0 bridgehead atoms. The molecule has 0 unspecified atom stereocenters. The zero-order chi connectivity index (χ0) is 15.5. The highest BCUT2D eigenvalue weighted by molar-refractivity contribution is 7.99. The Labute approximate surface area is 128 Å². The Bertz CT molecular complexity index is 745. The maximum Gasteiger partial charge on any atom is 0.148 e. The molecule has 7 heteroatoms. The van der Waals surface area contributed by atoms with Crippen LogP contribution in [0.25, 0.3) is 10.9 Å². The Morgan fingerprint density at radius 2 is 2.10 bits per heavy atom. The number of nitrogens with two attached hydrogens (primary N) is 1. The first-order chi connectivity index (χ1) is 9.89. The Balaban J connectivity index is 2.12. The van der Waals surface area contributed by atoms with Crippen molar-refractivity contribution in [3.05, 3.63) is 29.8 Å². The zero-order valence-corrected chi connectivity index (χ0v) is 13.6. The van der Waals surface area contributed by atoms with Gasteiger partial charge in [0.15, 0.2) is 0 Å². The Morgan fingerprint density at radius 3 is 2.76 bits per heavy atom. The Morgan fingerprint density at radius 1 is 1.33 bits per heavy atom. The second kappa shape index (κ2) is 6.53. The van der Waals surface area contributed by atoms with E-state index in [4.69, 9.17) is 10.5 Å². The summed E-state index contributed by atoms with van der Waals surface area (Å²) >= 11 is 1.54. The molecule has 0 saturated heterocycles. The molecule has 2 N–H and O–H groups in total. The number of methoxy groups -OCH3 is 1. The third-order valence-electron chi connectivity index (χ3n) is 2.99. The number of nitrogens with zero attached hydrogens (tertiary/aromatic N) is 1. The quantitative estimate of drug-likeness (QED) is 0.819. The minimum atomic E-state index is -2.91. The van der Waals surface area contributed by atoms with Gasteiger partial charge in [0, 0.05) is 34.8 Å². The number of thioether (sulfide) groups is 1. The van der Waals surface area contributed by atoms with E-state index in [1.165, 1.54) is 18.0 Å². The first kappa shape index (κ1) is 15.9. The molecule has 21 heavy (non-hydrogen) atoms. The summed E-state index contributed by atoms with van der Waals surface area (Å²) in [6.45, 7) is 0. The van der Waals surface area contributed by atoms with Gasteiger partial charge in [-0.05, 0) is 18.2 Å². The average Bonchev–Trinajstić information content (AvgIpc) is 2.42. The average molecular weight is 326 g/mol. The van der Waals surface area contributed by atoms with E-state index in [-0.39, 0.29) is 5.75 Å². The number of fused-ring (bicyclic) bond motifs is 1. The predicted molar refractivity (Wildman–Crippen MR) is 88.6 cm³/mol. The summed E-state index contributed by atoms with van der Waals surface area (Å²) in [4.78, 5) is 4.38. The lowest BCUT2D eigenvalue weighted by atomic mass is 10.1. The van der Waals surface area contributed by atoms with Crippen molar-refractivity contribution in [1.29, 1.82) is 0 Å². The van der Waals surface area contributed by atoms with Crippen LogP contribution in [0.4, 0.5) is 5.82 Å². The summed E-state index contributed by atoms with van der Waals surface area (Å²) in [5.41, 5.74) is 7.67. The molecule has 0 radical (unpaired) electrons. The summed E-state index contributed by atoms with van der Waals surface area (Å²) in [6, 6.07) is 7.64. The highest BCUT2D eigenvalue weighted by Crippen LogP contribution is 2.25. The molecule has 0 aliphatic rings. The molecule has 1 heterocycles. The monoisotopic (exact) mass is 326 g/mol. The first-order valence-electron chi connectivity index (χ1n) is 6.37. The fraction of sp³-hybridized carbons (Fsp3) is 0.357. The summed E-state index contributed by atoms with van der Waals surface area (Å²) < 4.78 is 27.3. The van der Waals surface area contributed by atoms with E-state index in [2.05, 4.69) is 4.98 Å². The lowest BCUT2D eigenvalue weighted by molar-refractivity contribution is 0.415. The Kier molecular flexibility index (Phi) is 4.95. The van der Waals surface area contributed by atoms with Crippen molar-refractivity contribution >= 4 is 38.3 Å². The van der Waals surface area contributed by atoms with Crippen LogP contribution in [-0.4, -0.2) is 38.3 Å². The van der Waals surface area contributed by atoms with Crippen molar-refractivity contribution in [1.82, 2.24) is 4.98 Å². The van der Waals surface area contributed by atoms with Crippen LogP contribution in [0.15, 0.2) is 24.3 Å². The predicted octanol–water partition coefficient (Wildman–Crippen LogP) is 2.10. The summed E-state index contributed by atoms with van der Waals surface area (Å²) in [7, 11) is -1.30. The van der Waals surface area contributed by atoms with E-state index >= 15 is 0 Å². The van der Waals surface area contributed by atoms with Gasteiger partial charge >= 0.3 is 0 Å². The number of hydrogen-bond donors (Lipinski definition) is 1. The van der Waals surface area contributed by atoms with Gasteiger partial charge in [-0.3, -0.25) is 0 Å². The van der Waals surface area contributed by atoms with Gasteiger partial charge < -0.3 is 10.5 Å². The molecule has 5 nitrogen and oxygen atoms in total. The minimum Gasteiger partial charge on any atom is -0.497 e. The highest BCUT2D eigenvalue weighted by atomic mass is 32.2. The molecule has 0 amide bonds. The summed E-state index contributed by atoms with van der Waals surface area (Å²) in [6.07, 6.45) is 1.24. The van der Waals surface area contributed by atoms with E-state index in [0.29, 0.717) is 17.3 Å². The fourth-order valence-corrected chi connectivity index (χ4v) is 4.12. The van der Waals surface area contributed by atoms with Gasteiger partial charge in [0.1, 0.15) is 21.4 Å². The van der Waals surface area contributed by atoms with Gasteiger partial charge in [0.2, 0.25) is 0 Å². The number of rotatable bonds is 6. The topological polar surface area (TPSA) is 82.3 Å². The molecule has 0 aliphatic carbocycles. The highest BCUT2D eigenvalue weighted by Gasteiger charge is 2.07. The van der Waals surface area contributed by atoms with Gasteiger partial charge in [0.05, 0.1) is 18.4 Å². The van der Waals surface area contributed by atoms with Gasteiger partial charge in [-0.25, -0.2) is 13.4 Å². The van der Waals surface area contributed by atoms with Crippen LogP contribution in [-0.2, 0) is 15.6 Å². The summed E-state index contributed by atoms with van der Waals surface area (Å²) in [5, 5.41) is 0.990. The lowest BCUT2D eigenvalue weighted by Gasteiger charge is -2.08. The number of ether oxygens (including phenoxy) is 1. The van der Waals surface area contributed by atoms with Crippen molar-refractivity contribution < 1.29 is 13.2 Å². The fourth-order valence-electron chi connectivity index (χ4n) is 1.84. The maximum atomic E-state index is 11.1. The second-order valence-corrected chi connectivity index (χ2v) is 8.14. The third kappa shape index (κ3) is 4.50. The molecular formula is C14H18N2O3S2. The number of pyridine rings is 1. The molecule has 1 aromatic carbocycles. The Hall–Kier alpha value is -1.47. The first-order valence-corrected chi connectivity index (χ1v) is 9.59. The van der Waals surface area contributed by atoms with Gasteiger partial charge in [0.25, 0.3) is 0 Å².